The van der Waals surface area contributed by atoms with E-state index in [0.717, 1.165) is 0 Å². The van der Waals surface area contributed by atoms with Gasteiger partial charge in [0.15, 0.2) is 0 Å². The summed E-state index contributed by atoms with van der Waals surface area (Å²) in [6.45, 7) is 5.92. The van der Waals surface area contributed by atoms with Crippen LogP contribution in [-0.4, -0.2) is 17.6 Å². The summed E-state index contributed by atoms with van der Waals surface area (Å²) in [7, 11) is 0. The van der Waals surface area contributed by atoms with Gasteiger partial charge in [-0.2, -0.15) is 0 Å². The first-order valence-corrected chi connectivity index (χ1v) is 6.10. The number of aromatic nitrogens is 1. The number of nitrogens with zero attached hydrogens (tertiary/aromatic N) is 1. The lowest BCUT2D eigenvalue weighted by molar-refractivity contribution is -0.146. The number of fused-ring (bicyclic) bond motifs is 1. The largest absolute Gasteiger partial charge is 0.466 e. The van der Waals surface area contributed by atoms with Gasteiger partial charge in [-0.15, -0.1) is 0 Å². The van der Waals surface area contributed by atoms with E-state index in [0.29, 0.717) is 6.61 Å². The Hall–Kier alpha value is -1.90. The molecule has 0 unspecified atom stereocenters. The maximum absolute atomic E-state index is 10.5. The molecule has 3 nitrogen and oxygen atoms in total. The van der Waals surface area contributed by atoms with Crippen LogP contribution in [0.4, 0.5) is 0 Å². The fraction of sp³-hybridized carbons (Fsp3) is 0.333. The van der Waals surface area contributed by atoms with Crippen molar-refractivity contribution in [3.8, 4) is 0 Å². The number of rotatable bonds is 2. The summed E-state index contributed by atoms with van der Waals surface area (Å²) in [5, 5.41) is 2.45. The number of pyridine rings is 1. The van der Waals surface area contributed by atoms with E-state index in [2.05, 4.69) is 21.9 Å². The van der Waals surface area contributed by atoms with Crippen molar-refractivity contribution in [2.75, 3.05) is 6.61 Å². The van der Waals surface area contributed by atoms with Crippen molar-refractivity contribution >= 4 is 16.7 Å². The van der Waals surface area contributed by atoms with Crippen molar-refractivity contribution in [2.24, 2.45) is 5.92 Å². The molecule has 2 aromatic rings. The van der Waals surface area contributed by atoms with Gasteiger partial charge < -0.3 is 4.74 Å². The summed E-state index contributed by atoms with van der Waals surface area (Å²) in [5.41, 5.74) is 0. The Kier molecular flexibility index (Phi) is 5.85. The molecule has 0 spiro atoms. The van der Waals surface area contributed by atoms with E-state index in [1.165, 1.54) is 10.8 Å². The van der Waals surface area contributed by atoms with Crippen LogP contribution in [0.3, 0.4) is 0 Å². The number of hydrogen-bond acceptors (Lipinski definition) is 3. The number of carbonyl (C=O) groups is 1. The van der Waals surface area contributed by atoms with Crippen molar-refractivity contribution < 1.29 is 9.53 Å². The first-order chi connectivity index (χ1) is 8.65. The zero-order valence-corrected chi connectivity index (χ0v) is 11.1. The van der Waals surface area contributed by atoms with Gasteiger partial charge in [0.25, 0.3) is 0 Å². The minimum absolute atomic E-state index is 0.00921. The second kappa shape index (κ2) is 7.43. The lowest BCUT2D eigenvalue weighted by Crippen LogP contribution is -2.10. The van der Waals surface area contributed by atoms with E-state index >= 15 is 0 Å². The Bertz CT molecular complexity index is 429. The molecule has 0 aliphatic carbocycles. The average Bonchev–Trinajstić information content (AvgIpc) is 2.40. The Balaban J connectivity index is 0.000000187. The van der Waals surface area contributed by atoms with Gasteiger partial charge in [-0.25, -0.2) is 0 Å². The SMILES string of the molecule is CCOC(=O)C(C)C.c1ccc2cnccc2c1. The fourth-order valence-electron chi connectivity index (χ4n) is 1.34. The third-order valence-electron chi connectivity index (χ3n) is 2.31. The molecule has 0 fully saturated rings. The molecule has 1 aromatic carbocycles. The summed E-state index contributed by atoms with van der Waals surface area (Å²) in [6.07, 6.45) is 3.68. The molecule has 0 bridgehead atoms. The molecule has 0 saturated heterocycles. The van der Waals surface area contributed by atoms with Crippen molar-refractivity contribution in [3.05, 3.63) is 42.7 Å². The van der Waals surface area contributed by atoms with Crippen molar-refractivity contribution in [2.45, 2.75) is 20.8 Å². The Morgan fingerprint density at radius 2 is 1.89 bits per heavy atom. The maximum Gasteiger partial charge on any atom is 0.308 e. The van der Waals surface area contributed by atoms with Crippen LogP contribution in [-0.2, 0) is 9.53 Å². The molecule has 2 rings (SSSR count). The van der Waals surface area contributed by atoms with Gasteiger partial charge in [0.1, 0.15) is 0 Å². The quantitative estimate of drug-likeness (QED) is 0.761. The lowest BCUT2D eigenvalue weighted by Gasteiger charge is -2.01. The van der Waals surface area contributed by atoms with Gasteiger partial charge >= 0.3 is 5.97 Å². The number of hydrogen-bond donors (Lipinski definition) is 0. The van der Waals surface area contributed by atoms with Gasteiger partial charge in [0.2, 0.25) is 0 Å². The van der Waals surface area contributed by atoms with Crippen LogP contribution in [0.1, 0.15) is 20.8 Å². The van der Waals surface area contributed by atoms with Crippen LogP contribution in [0.25, 0.3) is 10.8 Å². The summed E-state index contributed by atoms with van der Waals surface area (Å²) in [5.74, 6) is -0.109. The third-order valence-corrected chi connectivity index (χ3v) is 2.31. The molecule has 0 radical (unpaired) electrons. The van der Waals surface area contributed by atoms with E-state index in [1.54, 1.807) is 6.92 Å². The molecule has 0 aliphatic heterocycles. The topological polar surface area (TPSA) is 39.2 Å². The van der Waals surface area contributed by atoms with Crippen LogP contribution in [0.2, 0.25) is 0 Å². The molecule has 1 heterocycles. The molecule has 0 aliphatic rings. The fourth-order valence-corrected chi connectivity index (χ4v) is 1.34. The highest BCUT2D eigenvalue weighted by Gasteiger charge is 2.04. The Morgan fingerprint density at radius 1 is 1.22 bits per heavy atom. The standard InChI is InChI=1S/C9H7N.C6H12O2/c1-2-4-9-7-10-6-5-8(9)3-1;1-4-8-6(7)5(2)3/h1-7H;5H,4H2,1-3H3. The van der Waals surface area contributed by atoms with E-state index in [1.807, 2.05) is 44.4 Å². The van der Waals surface area contributed by atoms with E-state index < -0.39 is 0 Å². The summed E-state index contributed by atoms with van der Waals surface area (Å²) in [4.78, 5) is 14.5. The molecule has 0 atom stereocenters. The number of benzene rings is 1. The molecule has 0 N–H and O–H groups in total. The van der Waals surface area contributed by atoms with Crippen molar-refractivity contribution in [3.63, 3.8) is 0 Å². The highest BCUT2D eigenvalue weighted by molar-refractivity contribution is 5.80. The monoisotopic (exact) mass is 245 g/mol. The van der Waals surface area contributed by atoms with Gasteiger partial charge in [0, 0.05) is 12.4 Å². The second-order valence-corrected chi connectivity index (χ2v) is 4.13. The smallest absolute Gasteiger partial charge is 0.308 e. The Morgan fingerprint density at radius 3 is 2.39 bits per heavy atom. The first kappa shape index (κ1) is 14.2. The van der Waals surface area contributed by atoms with Crippen LogP contribution in [0, 0.1) is 5.92 Å². The molecule has 0 amide bonds. The first-order valence-electron chi connectivity index (χ1n) is 6.10. The second-order valence-electron chi connectivity index (χ2n) is 4.13. The molecular formula is C15H19NO2. The van der Waals surface area contributed by atoms with Crippen LogP contribution < -0.4 is 0 Å². The molecule has 3 heteroatoms. The highest BCUT2D eigenvalue weighted by atomic mass is 16.5. The molecular weight excluding hydrogens is 226 g/mol. The minimum Gasteiger partial charge on any atom is -0.466 e. The van der Waals surface area contributed by atoms with Crippen molar-refractivity contribution in [1.29, 1.82) is 0 Å². The zero-order valence-electron chi connectivity index (χ0n) is 11.1. The summed E-state index contributed by atoms with van der Waals surface area (Å²) < 4.78 is 4.66. The predicted molar refractivity (Wildman–Crippen MR) is 73.2 cm³/mol. The molecule has 1 aromatic heterocycles. The van der Waals surface area contributed by atoms with Gasteiger partial charge in [-0.1, -0.05) is 38.1 Å². The minimum atomic E-state index is -0.118. The maximum atomic E-state index is 10.5. The van der Waals surface area contributed by atoms with E-state index in [4.69, 9.17) is 0 Å². The molecule has 0 saturated carbocycles. The number of ether oxygens (including phenoxy) is 1. The highest BCUT2D eigenvalue weighted by Crippen LogP contribution is 2.09. The van der Waals surface area contributed by atoms with Crippen LogP contribution >= 0.6 is 0 Å². The van der Waals surface area contributed by atoms with Crippen LogP contribution in [0.5, 0.6) is 0 Å². The number of esters is 1. The summed E-state index contributed by atoms with van der Waals surface area (Å²) >= 11 is 0. The van der Waals surface area contributed by atoms with E-state index in [-0.39, 0.29) is 11.9 Å². The van der Waals surface area contributed by atoms with E-state index in [9.17, 15) is 4.79 Å². The predicted octanol–water partition coefficient (Wildman–Crippen LogP) is 3.44. The zero-order chi connectivity index (χ0) is 13.4. The van der Waals surface area contributed by atoms with Gasteiger partial charge in [-0.05, 0) is 23.8 Å². The molecule has 18 heavy (non-hydrogen) atoms. The molecule has 96 valence electrons. The lowest BCUT2D eigenvalue weighted by atomic mass is 10.2. The number of carbonyl (C=O) groups excluding carboxylic acids is 1. The average molecular weight is 245 g/mol. The van der Waals surface area contributed by atoms with Gasteiger partial charge in [-0.3, -0.25) is 9.78 Å². The normalized spacial score (nSPS) is 9.78. The van der Waals surface area contributed by atoms with Crippen molar-refractivity contribution in [1.82, 2.24) is 4.98 Å². The summed E-state index contributed by atoms with van der Waals surface area (Å²) in [6, 6.07) is 10.2. The van der Waals surface area contributed by atoms with Gasteiger partial charge in [0.05, 0.1) is 12.5 Å². The van der Waals surface area contributed by atoms with Crippen LogP contribution in [0.15, 0.2) is 42.7 Å². The Labute approximate surface area is 108 Å². The third kappa shape index (κ3) is 4.53.